The van der Waals surface area contributed by atoms with Crippen LogP contribution in [0.1, 0.15) is 5.56 Å². The molecule has 1 atom stereocenters. The molecular formula is C16H14N2OS2. The zero-order chi connectivity index (χ0) is 14.4. The minimum atomic E-state index is -0.642. The number of amidine groups is 1. The highest BCUT2D eigenvalue weighted by Gasteiger charge is 2.36. The van der Waals surface area contributed by atoms with E-state index < -0.39 is 6.10 Å². The molecule has 2 aliphatic heterocycles. The first-order chi connectivity index (χ1) is 10.3. The Balaban J connectivity index is 1.94. The van der Waals surface area contributed by atoms with Crippen LogP contribution < -0.4 is 0 Å². The summed E-state index contributed by atoms with van der Waals surface area (Å²) >= 11 is 3.31. The minimum absolute atomic E-state index is 0.642. The van der Waals surface area contributed by atoms with E-state index in [1.165, 1.54) is 15.6 Å². The number of hydrogen-bond donors (Lipinski definition) is 1. The van der Waals surface area contributed by atoms with E-state index >= 15 is 0 Å². The first-order valence-electron chi connectivity index (χ1n) is 6.81. The lowest BCUT2D eigenvalue weighted by atomic mass is 10.1. The zero-order valence-electron chi connectivity index (χ0n) is 11.3. The maximum atomic E-state index is 10.3. The number of rotatable bonds is 3. The van der Waals surface area contributed by atoms with Crippen LogP contribution in [0.15, 0.2) is 52.2 Å². The minimum Gasteiger partial charge on any atom is -0.384 e. The Morgan fingerprint density at radius 3 is 3.10 bits per heavy atom. The van der Waals surface area contributed by atoms with Crippen LogP contribution in [0.3, 0.4) is 0 Å². The van der Waals surface area contributed by atoms with E-state index in [0.717, 1.165) is 28.9 Å². The SMILES string of the molecule is C=CC(O)C1=C(c2csc3ccccc23)N2CCN=C2S1. The van der Waals surface area contributed by atoms with Crippen LogP contribution in [-0.4, -0.2) is 34.4 Å². The van der Waals surface area contributed by atoms with E-state index in [2.05, 4.69) is 46.1 Å². The van der Waals surface area contributed by atoms with Crippen LogP contribution in [0.25, 0.3) is 15.8 Å². The van der Waals surface area contributed by atoms with Crippen molar-refractivity contribution in [3.8, 4) is 0 Å². The molecule has 0 amide bonds. The van der Waals surface area contributed by atoms with Crippen molar-refractivity contribution >= 4 is 44.0 Å². The molecule has 21 heavy (non-hydrogen) atoms. The molecule has 0 saturated heterocycles. The first-order valence-corrected chi connectivity index (χ1v) is 8.50. The molecule has 1 aromatic heterocycles. The number of aliphatic hydroxyl groups excluding tert-OH is 1. The zero-order valence-corrected chi connectivity index (χ0v) is 13.0. The predicted octanol–water partition coefficient (Wildman–Crippen LogP) is 3.54. The van der Waals surface area contributed by atoms with Gasteiger partial charge in [0.1, 0.15) is 6.10 Å². The number of nitrogens with zero attached hydrogens (tertiary/aromatic N) is 2. The number of benzene rings is 1. The van der Waals surface area contributed by atoms with Crippen molar-refractivity contribution in [2.45, 2.75) is 6.10 Å². The van der Waals surface area contributed by atoms with Crippen molar-refractivity contribution in [3.63, 3.8) is 0 Å². The van der Waals surface area contributed by atoms with Gasteiger partial charge < -0.3 is 10.0 Å². The molecule has 5 heteroatoms. The van der Waals surface area contributed by atoms with Gasteiger partial charge in [0, 0.05) is 32.5 Å². The van der Waals surface area contributed by atoms with Crippen molar-refractivity contribution in [1.29, 1.82) is 0 Å². The molecule has 3 heterocycles. The van der Waals surface area contributed by atoms with Gasteiger partial charge in [-0.2, -0.15) is 0 Å². The number of thiophene rings is 1. The molecule has 0 aliphatic carbocycles. The fraction of sp³-hybridized carbons (Fsp3) is 0.188. The summed E-state index contributed by atoms with van der Waals surface area (Å²) in [5.74, 6) is 0. The standard InChI is InChI=1S/C16H14N2OS2/c1-2-12(19)15-14(18-8-7-17-16(18)21-15)11-9-20-13-6-4-3-5-10(11)13/h2-6,9,12,19H,1,7-8H2. The molecule has 1 N–H and O–H groups in total. The highest BCUT2D eigenvalue weighted by molar-refractivity contribution is 8.17. The Morgan fingerprint density at radius 2 is 2.24 bits per heavy atom. The van der Waals surface area contributed by atoms with Crippen LogP contribution in [0, 0.1) is 0 Å². The molecule has 0 bridgehead atoms. The molecule has 106 valence electrons. The Kier molecular flexibility index (Phi) is 3.14. The van der Waals surface area contributed by atoms with Gasteiger partial charge in [0.25, 0.3) is 0 Å². The Bertz CT molecular complexity index is 790. The van der Waals surface area contributed by atoms with Crippen LogP contribution in [0.5, 0.6) is 0 Å². The maximum Gasteiger partial charge on any atom is 0.168 e. The van der Waals surface area contributed by atoms with Gasteiger partial charge in [-0.05, 0) is 6.07 Å². The first kappa shape index (κ1) is 13.1. The van der Waals surface area contributed by atoms with Gasteiger partial charge in [0.15, 0.2) is 5.17 Å². The molecule has 0 radical (unpaired) electrons. The summed E-state index contributed by atoms with van der Waals surface area (Å²) in [6.45, 7) is 5.43. The highest BCUT2D eigenvalue weighted by atomic mass is 32.2. The Morgan fingerprint density at radius 1 is 1.38 bits per heavy atom. The van der Waals surface area contributed by atoms with Crippen molar-refractivity contribution in [2.75, 3.05) is 13.1 Å². The van der Waals surface area contributed by atoms with Gasteiger partial charge in [-0.3, -0.25) is 4.99 Å². The van der Waals surface area contributed by atoms with Crippen LogP contribution in [0.2, 0.25) is 0 Å². The number of thioether (sulfide) groups is 1. The van der Waals surface area contributed by atoms with Crippen LogP contribution in [-0.2, 0) is 0 Å². The van der Waals surface area contributed by atoms with Crippen molar-refractivity contribution < 1.29 is 5.11 Å². The third-order valence-corrected chi connectivity index (χ3v) is 5.88. The predicted molar refractivity (Wildman–Crippen MR) is 91.5 cm³/mol. The molecule has 4 rings (SSSR count). The normalized spacial score (nSPS) is 19.1. The summed E-state index contributed by atoms with van der Waals surface area (Å²) in [6, 6.07) is 8.39. The van der Waals surface area contributed by atoms with Gasteiger partial charge in [-0.25, -0.2) is 0 Å². The largest absolute Gasteiger partial charge is 0.384 e. The summed E-state index contributed by atoms with van der Waals surface area (Å²) in [6.07, 6.45) is 0.941. The van der Waals surface area contributed by atoms with Crippen molar-refractivity contribution in [1.82, 2.24) is 4.90 Å². The van der Waals surface area contributed by atoms with Gasteiger partial charge in [0.2, 0.25) is 0 Å². The number of hydrogen-bond acceptors (Lipinski definition) is 5. The van der Waals surface area contributed by atoms with E-state index in [9.17, 15) is 5.11 Å². The summed E-state index contributed by atoms with van der Waals surface area (Å²) in [4.78, 5) is 7.69. The molecule has 3 nitrogen and oxygen atoms in total. The average Bonchev–Trinajstić information content (AvgIpc) is 3.19. The summed E-state index contributed by atoms with van der Waals surface area (Å²) in [7, 11) is 0. The summed E-state index contributed by atoms with van der Waals surface area (Å²) in [5, 5.41) is 14.7. The van der Waals surface area contributed by atoms with Gasteiger partial charge in [-0.15, -0.1) is 17.9 Å². The van der Waals surface area contributed by atoms with Gasteiger partial charge in [-0.1, -0.05) is 36.0 Å². The summed E-state index contributed by atoms with van der Waals surface area (Å²) in [5.41, 5.74) is 2.28. The quantitative estimate of drug-likeness (QED) is 0.880. The lowest BCUT2D eigenvalue weighted by Crippen LogP contribution is -2.20. The molecule has 0 spiro atoms. The molecule has 0 saturated carbocycles. The average molecular weight is 314 g/mol. The molecule has 1 aromatic carbocycles. The second-order valence-electron chi connectivity index (χ2n) is 4.96. The third-order valence-electron chi connectivity index (χ3n) is 3.73. The van der Waals surface area contributed by atoms with Crippen LogP contribution in [0.4, 0.5) is 0 Å². The van der Waals surface area contributed by atoms with E-state index in [4.69, 9.17) is 0 Å². The van der Waals surface area contributed by atoms with Crippen molar-refractivity contribution in [3.05, 3.63) is 52.8 Å². The van der Waals surface area contributed by atoms with E-state index in [0.29, 0.717) is 0 Å². The number of aliphatic hydroxyl groups is 1. The molecular weight excluding hydrogens is 300 g/mol. The molecule has 0 fully saturated rings. The van der Waals surface area contributed by atoms with Gasteiger partial charge in [0.05, 0.1) is 12.2 Å². The molecule has 2 aliphatic rings. The molecule has 1 unspecified atom stereocenters. The van der Waals surface area contributed by atoms with Crippen molar-refractivity contribution in [2.24, 2.45) is 4.99 Å². The number of fused-ring (bicyclic) bond motifs is 2. The summed E-state index contributed by atoms with van der Waals surface area (Å²) < 4.78 is 1.27. The Hall–Kier alpha value is -1.56. The lowest BCUT2D eigenvalue weighted by Gasteiger charge is -2.17. The monoisotopic (exact) mass is 314 g/mol. The third kappa shape index (κ3) is 1.96. The second kappa shape index (κ2) is 5.02. The van der Waals surface area contributed by atoms with Gasteiger partial charge >= 0.3 is 0 Å². The van der Waals surface area contributed by atoms with E-state index in [1.807, 2.05) is 0 Å². The second-order valence-corrected chi connectivity index (χ2v) is 6.88. The fourth-order valence-electron chi connectivity index (χ4n) is 2.75. The smallest absolute Gasteiger partial charge is 0.168 e. The Labute approximate surface area is 131 Å². The van der Waals surface area contributed by atoms with E-state index in [1.54, 1.807) is 29.2 Å². The topological polar surface area (TPSA) is 35.8 Å². The fourth-order valence-corrected chi connectivity index (χ4v) is 4.87. The number of aliphatic imine (C=N–C) groups is 1. The van der Waals surface area contributed by atoms with E-state index in [-0.39, 0.29) is 0 Å². The highest BCUT2D eigenvalue weighted by Crippen LogP contribution is 2.46. The lowest BCUT2D eigenvalue weighted by molar-refractivity contribution is 0.268. The molecule has 2 aromatic rings. The maximum absolute atomic E-state index is 10.3. The van der Waals surface area contributed by atoms with Crippen LogP contribution >= 0.6 is 23.1 Å².